The first-order valence-corrected chi connectivity index (χ1v) is 5.28. The molecule has 0 aliphatic heterocycles. The molecule has 2 amide bonds. The van der Waals surface area contributed by atoms with Gasteiger partial charge in [-0.05, 0) is 37.5 Å². The molecule has 0 spiro atoms. The summed E-state index contributed by atoms with van der Waals surface area (Å²) in [6.07, 6.45) is 6.08. The van der Waals surface area contributed by atoms with Crippen LogP contribution in [-0.4, -0.2) is 18.6 Å². The number of hydrogen-bond donors (Lipinski definition) is 2. The van der Waals surface area contributed by atoms with Crippen molar-refractivity contribution in [1.82, 2.24) is 10.6 Å². The second-order valence-electron chi connectivity index (χ2n) is 4.45. The van der Waals surface area contributed by atoms with Crippen LogP contribution >= 0.6 is 0 Å². The number of nitrogens with one attached hydrogen (secondary N) is 2. The Labute approximate surface area is 79.3 Å². The van der Waals surface area contributed by atoms with Gasteiger partial charge in [-0.25, -0.2) is 4.79 Å². The molecular weight excluding hydrogens is 164 g/mol. The Morgan fingerprint density at radius 3 is 2.62 bits per heavy atom. The fourth-order valence-electron chi connectivity index (χ4n) is 1.56. The van der Waals surface area contributed by atoms with E-state index in [-0.39, 0.29) is 6.03 Å². The summed E-state index contributed by atoms with van der Waals surface area (Å²) in [5, 5.41) is 5.89. The highest BCUT2D eigenvalue weighted by molar-refractivity contribution is 5.74. The molecule has 2 N–H and O–H groups in total. The Morgan fingerprint density at radius 1 is 1.46 bits per heavy atom. The van der Waals surface area contributed by atoms with E-state index in [1.165, 1.54) is 19.3 Å². The monoisotopic (exact) mass is 182 g/mol. The van der Waals surface area contributed by atoms with E-state index in [4.69, 9.17) is 0 Å². The lowest BCUT2D eigenvalue weighted by Gasteiger charge is -2.13. The van der Waals surface area contributed by atoms with E-state index >= 15 is 0 Å². The van der Waals surface area contributed by atoms with Gasteiger partial charge in [0, 0.05) is 12.6 Å². The van der Waals surface area contributed by atoms with Crippen molar-refractivity contribution >= 4 is 6.03 Å². The van der Waals surface area contributed by atoms with Gasteiger partial charge in [0.2, 0.25) is 0 Å². The van der Waals surface area contributed by atoms with Crippen molar-refractivity contribution in [3.05, 3.63) is 0 Å². The molecule has 0 bridgehead atoms. The molecule has 0 aromatic heterocycles. The lowest BCUT2D eigenvalue weighted by atomic mass is 10.0. The van der Waals surface area contributed by atoms with Crippen LogP contribution in [0.25, 0.3) is 0 Å². The Bertz CT molecular complexity index is 207. The number of urea groups is 1. The van der Waals surface area contributed by atoms with E-state index < -0.39 is 0 Å². The first kappa shape index (κ1) is 8.85. The fourth-order valence-corrected chi connectivity index (χ4v) is 1.56. The van der Waals surface area contributed by atoms with E-state index in [9.17, 15) is 4.79 Å². The van der Waals surface area contributed by atoms with Gasteiger partial charge in [0.1, 0.15) is 0 Å². The maximum absolute atomic E-state index is 11.3. The largest absolute Gasteiger partial charge is 0.338 e. The van der Waals surface area contributed by atoms with Gasteiger partial charge >= 0.3 is 6.03 Å². The Morgan fingerprint density at radius 2 is 2.15 bits per heavy atom. The van der Waals surface area contributed by atoms with Crippen LogP contribution in [0.3, 0.4) is 0 Å². The van der Waals surface area contributed by atoms with Gasteiger partial charge in [-0.3, -0.25) is 0 Å². The lowest BCUT2D eigenvalue weighted by Crippen LogP contribution is -2.39. The molecule has 2 aliphatic carbocycles. The molecule has 0 heterocycles. The minimum atomic E-state index is 0.0298. The molecular formula is C10H18N2O. The Balaban J connectivity index is 1.63. The van der Waals surface area contributed by atoms with Crippen LogP contribution in [0.4, 0.5) is 4.79 Å². The van der Waals surface area contributed by atoms with Crippen molar-refractivity contribution in [3.8, 4) is 0 Å². The second kappa shape index (κ2) is 3.20. The quantitative estimate of drug-likeness (QED) is 0.681. The third kappa shape index (κ3) is 2.36. The molecule has 0 aromatic carbocycles. The van der Waals surface area contributed by atoms with Gasteiger partial charge in [0.15, 0.2) is 0 Å². The van der Waals surface area contributed by atoms with Crippen LogP contribution in [0.15, 0.2) is 0 Å². The molecule has 0 saturated heterocycles. The van der Waals surface area contributed by atoms with Crippen molar-refractivity contribution in [2.45, 2.75) is 45.1 Å². The lowest BCUT2D eigenvalue weighted by molar-refractivity contribution is 0.237. The average molecular weight is 182 g/mol. The van der Waals surface area contributed by atoms with Crippen molar-refractivity contribution in [2.75, 3.05) is 6.54 Å². The maximum atomic E-state index is 11.3. The van der Waals surface area contributed by atoms with Gasteiger partial charge < -0.3 is 10.6 Å². The Kier molecular flexibility index (Phi) is 2.18. The van der Waals surface area contributed by atoms with Crippen molar-refractivity contribution in [1.29, 1.82) is 0 Å². The molecule has 13 heavy (non-hydrogen) atoms. The highest BCUT2D eigenvalue weighted by atomic mass is 16.2. The molecule has 2 saturated carbocycles. The van der Waals surface area contributed by atoms with Gasteiger partial charge in [-0.15, -0.1) is 0 Å². The van der Waals surface area contributed by atoms with Gasteiger partial charge in [0.25, 0.3) is 0 Å². The highest BCUT2D eigenvalue weighted by Crippen LogP contribution is 2.47. The van der Waals surface area contributed by atoms with Crippen LogP contribution in [-0.2, 0) is 0 Å². The molecule has 2 fully saturated rings. The zero-order chi connectivity index (χ0) is 9.31. The molecule has 3 nitrogen and oxygen atoms in total. The topological polar surface area (TPSA) is 41.1 Å². The van der Waals surface area contributed by atoms with Crippen LogP contribution in [0.1, 0.15) is 39.0 Å². The van der Waals surface area contributed by atoms with Gasteiger partial charge in [-0.1, -0.05) is 6.92 Å². The second-order valence-corrected chi connectivity index (χ2v) is 4.45. The standard InChI is InChI=1S/C10H18N2O/c1-2-10(5-6-10)7-11-9(13)12-8-3-4-8/h8H,2-7H2,1H3,(H2,11,12,13). The molecule has 0 atom stereocenters. The number of rotatable bonds is 4. The van der Waals surface area contributed by atoms with Crippen molar-refractivity contribution < 1.29 is 4.79 Å². The predicted molar refractivity (Wildman–Crippen MR) is 51.5 cm³/mol. The van der Waals surface area contributed by atoms with Crippen LogP contribution in [0.5, 0.6) is 0 Å². The molecule has 2 aliphatic rings. The number of carbonyl (C=O) groups is 1. The summed E-state index contributed by atoms with van der Waals surface area (Å²) in [5.74, 6) is 0. The summed E-state index contributed by atoms with van der Waals surface area (Å²) >= 11 is 0. The molecule has 74 valence electrons. The first-order chi connectivity index (χ1) is 6.24. The zero-order valence-corrected chi connectivity index (χ0v) is 8.23. The summed E-state index contributed by atoms with van der Waals surface area (Å²) in [5.41, 5.74) is 0.459. The fraction of sp³-hybridized carbons (Fsp3) is 0.900. The van der Waals surface area contributed by atoms with Crippen LogP contribution < -0.4 is 10.6 Å². The van der Waals surface area contributed by atoms with E-state index in [1.807, 2.05) is 0 Å². The summed E-state index contributed by atoms with van der Waals surface area (Å²) in [7, 11) is 0. The maximum Gasteiger partial charge on any atom is 0.315 e. The van der Waals surface area contributed by atoms with Crippen molar-refractivity contribution in [2.24, 2.45) is 5.41 Å². The van der Waals surface area contributed by atoms with E-state index in [0.717, 1.165) is 19.4 Å². The summed E-state index contributed by atoms with van der Waals surface area (Å²) < 4.78 is 0. The van der Waals surface area contributed by atoms with E-state index in [0.29, 0.717) is 11.5 Å². The smallest absolute Gasteiger partial charge is 0.315 e. The molecule has 2 rings (SSSR count). The Hall–Kier alpha value is -0.730. The highest BCUT2D eigenvalue weighted by Gasteiger charge is 2.40. The zero-order valence-electron chi connectivity index (χ0n) is 8.23. The molecule has 0 unspecified atom stereocenters. The van der Waals surface area contributed by atoms with E-state index in [2.05, 4.69) is 17.6 Å². The summed E-state index contributed by atoms with van der Waals surface area (Å²) in [6, 6.07) is 0.499. The third-order valence-corrected chi connectivity index (χ3v) is 3.24. The minimum absolute atomic E-state index is 0.0298. The number of carbonyl (C=O) groups excluding carboxylic acids is 1. The van der Waals surface area contributed by atoms with Crippen LogP contribution in [0.2, 0.25) is 0 Å². The SMILES string of the molecule is CCC1(CNC(=O)NC2CC2)CC1. The molecule has 0 aromatic rings. The van der Waals surface area contributed by atoms with Gasteiger partial charge in [0.05, 0.1) is 0 Å². The van der Waals surface area contributed by atoms with E-state index in [1.54, 1.807) is 0 Å². The van der Waals surface area contributed by atoms with Crippen molar-refractivity contribution in [3.63, 3.8) is 0 Å². The minimum Gasteiger partial charge on any atom is -0.338 e. The summed E-state index contributed by atoms with van der Waals surface area (Å²) in [4.78, 5) is 11.3. The molecule has 3 heteroatoms. The predicted octanol–water partition coefficient (Wildman–Crippen LogP) is 1.64. The normalized spacial score (nSPS) is 23.8. The number of amides is 2. The first-order valence-electron chi connectivity index (χ1n) is 5.28. The average Bonchev–Trinajstić information content (AvgIpc) is 2.98. The number of hydrogen-bond acceptors (Lipinski definition) is 1. The third-order valence-electron chi connectivity index (χ3n) is 3.24. The molecule has 0 radical (unpaired) electrons. The van der Waals surface area contributed by atoms with Gasteiger partial charge in [-0.2, -0.15) is 0 Å². The summed E-state index contributed by atoms with van der Waals surface area (Å²) in [6.45, 7) is 3.07. The van der Waals surface area contributed by atoms with Crippen LogP contribution in [0, 0.1) is 5.41 Å².